The number of nitro benzene ring substituents is 1. The van der Waals surface area contributed by atoms with Crippen LogP contribution in [-0.4, -0.2) is 29.8 Å². The molecule has 0 radical (unpaired) electrons. The van der Waals surface area contributed by atoms with Gasteiger partial charge < -0.3 is 9.47 Å². The van der Waals surface area contributed by atoms with Crippen LogP contribution in [0.25, 0.3) is 0 Å². The summed E-state index contributed by atoms with van der Waals surface area (Å²) in [5, 5.41) is 17.7. The molecule has 9 heteroatoms. The van der Waals surface area contributed by atoms with Gasteiger partial charge in [-0.15, -0.1) is 11.3 Å². The van der Waals surface area contributed by atoms with Crippen LogP contribution in [0.2, 0.25) is 0 Å². The summed E-state index contributed by atoms with van der Waals surface area (Å²) >= 11 is 1.40. The Kier molecular flexibility index (Phi) is 5.87. The lowest BCUT2D eigenvalue weighted by atomic mass is 10.2. The molecule has 2 rings (SSSR count). The Hall–Kier alpha value is -2.68. The third-order valence-electron chi connectivity index (χ3n) is 2.73. The van der Waals surface area contributed by atoms with E-state index in [2.05, 4.69) is 15.5 Å². The average molecular weight is 336 g/mol. The van der Waals surface area contributed by atoms with Crippen LogP contribution in [0.4, 0.5) is 10.8 Å². The molecule has 23 heavy (non-hydrogen) atoms. The van der Waals surface area contributed by atoms with Gasteiger partial charge >= 0.3 is 5.69 Å². The highest BCUT2D eigenvalue weighted by molar-refractivity contribution is 7.13. The molecule has 0 saturated carbocycles. The van der Waals surface area contributed by atoms with Gasteiger partial charge in [-0.05, 0) is 12.5 Å². The zero-order valence-electron chi connectivity index (χ0n) is 12.7. The van der Waals surface area contributed by atoms with Crippen LogP contribution in [0.1, 0.15) is 18.9 Å². The van der Waals surface area contributed by atoms with E-state index in [0.717, 1.165) is 6.42 Å². The Bertz CT molecular complexity index is 688. The van der Waals surface area contributed by atoms with E-state index in [1.54, 1.807) is 12.3 Å². The summed E-state index contributed by atoms with van der Waals surface area (Å²) in [5.41, 5.74) is 3.10. The smallest absolute Gasteiger partial charge is 0.315 e. The second-order valence-corrected chi connectivity index (χ2v) is 5.28. The minimum absolute atomic E-state index is 0.129. The molecule has 8 nitrogen and oxygen atoms in total. The van der Waals surface area contributed by atoms with Gasteiger partial charge in [0.25, 0.3) is 0 Å². The maximum Gasteiger partial charge on any atom is 0.315 e. The predicted molar refractivity (Wildman–Crippen MR) is 88.8 cm³/mol. The Balaban J connectivity index is 2.28. The van der Waals surface area contributed by atoms with E-state index in [1.165, 1.54) is 30.7 Å². The van der Waals surface area contributed by atoms with Gasteiger partial charge in [0.05, 0.1) is 24.9 Å². The van der Waals surface area contributed by atoms with Gasteiger partial charge in [-0.1, -0.05) is 6.92 Å². The monoisotopic (exact) mass is 336 g/mol. The first-order valence-corrected chi connectivity index (χ1v) is 7.71. The van der Waals surface area contributed by atoms with E-state index in [1.807, 2.05) is 12.3 Å². The predicted octanol–water partition coefficient (Wildman–Crippen LogP) is 3.29. The number of hydrazone groups is 1. The standard InChI is InChI=1S/C14H16N4O4S/c1-3-5-22-13-11(18(19)20)7-10(8-12(13)21-2)9-16-17-14-15-4-6-23-14/h4,6-9H,3,5H2,1-2H3,(H,15,17)/b16-9-. The van der Waals surface area contributed by atoms with Crippen molar-refractivity contribution in [2.75, 3.05) is 19.1 Å². The number of rotatable bonds is 8. The maximum absolute atomic E-state index is 11.3. The third-order valence-corrected chi connectivity index (χ3v) is 3.41. The number of methoxy groups -OCH3 is 1. The number of hydrogen-bond acceptors (Lipinski definition) is 8. The fourth-order valence-corrected chi connectivity index (χ4v) is 2.24. The van der Waals surface area contributed by atoms with Crippen molar-refractivity contribution in [1.82, 2.24) is 4.98 Å². The molecule has 1 heterocycles. The van der Waals surface area contributed by atoms with Crippen molar-refractivity contribution in [3.63, 3.8) is 0 Å². The molecule has 0 bridgehead atoms. The molecule has 122 valence electrons. The molecule has 0 fully saturated rings. The third kappa shape index (κ3) is 4.39. The van der Waals surface area contributed by atoms with E-state index in [0.29, 0.717) is 23.1 Å². The number of nitrogens with zero attached hydrogens (tertiary/aromatic N) is 3. The highest BCUT2D eigenvalue weighted by Gasteiger charge is 2.21. The molecule has 1 aromatic heterocycles. The van der Waals surface area contributed by atoms with Crippen molar-refractivity contribution in [2.24, 2.45) is 5.10 Å². The molecule has 0 amide bonds. The molecule has 0 aliphatic heterocycles. The number of hydrogen-bond donors (Lipinski definition) is 1. The van der Waals surface area contributed by atoms with Crippen LogP contribution in [0.15, 0.2) is 28.8 Å². The Labute approximate surface area is 136 Å². The number of aromatic nitrogens is 1. The molecule has 0 spiro atoms. The molecule has 2 aromatic rings. The molecule has 1 aromatic carbocycles. The molecular weight excluding hydrogens is 320 g/mol. The Morgan fingerprint density at radius 3 is 2.96 bits per heavy atom. The minimum atomic E-state index is -0.501. The molecule has 0 aliphatic rings. The Morgan fingerprint density at radius 1 is 1.52 bits per heavy atom. The lowest BCUT2D eigenvalue weighted by Crippen LogP contribution is -2.03. The molecule has 0 saturated heterocycles. The molecule has 1 N–H and O–H groups in total. The van der Waals surface area contributed by atoms with E-state index in [9.17, 15) is 10.1 Å². The van der Waals surface area contributed by atoms with Crippen molar-refractivity contribution >= 4 is 28.4 Å². The number of benzene rings is 1. The molecule has 0 aliphatic carbocycles. The van der Waals surface area contributed by atoms with Gasteiger partial charge in [-0.25, -0.2) is 4.98 Å². The lowest BCUT2D eigenvalue weighted by Gasteiger charge is -2.11. The summed E-state index contributed by atoms with van der Waals surface area (Å²) in [7, 11) is 1.44. The molecular formula is C14H16N4O4S. The summed E-state index contributed by atoms with van der Waals surface area (Å²) in [6.07, 6.45) is 3.85. The summed E-state index contributed by atoms with van der Waals surface area (Å²) in [5.74, 6) is 0.424. The topological polar surface area (TPSA) is 98.9 Å². The van der Waals surface area contributed by atoms with Gasteiger partial charge in [-0.3, -0.25) is 15.5 Å². The first kappa shape index (κ1) is 16.7. The fourth-order valence-electron chi connectivity index (χ4n) is 1.76. The summed E-state index contributed by atoms with van der Waals surface area (Å²) < 4.78 is 10.7. The van der Waals surface area contributed by atoms with Crippen molar-refractivity contribution in [1.29, 1.82) is 0 Å². The van der Waals surface area contributed by atoms with Gasteiger partial charge in [0.1, 0.15) is 0 Å². The number of anilines is 1. The second-order valence-electron chi connectivity index (χ2n) is 4.38. The minimum Gasteiger partial charge on any atom is -0.493 e. The van der Waals surface area contributed by atoms with Crippen LogP contribution >= 0.6 is 11.3 Å². The van der Waals surface area contributed by atoms with Gasteiger partial charge in [0, 0.05) is 23.2 Å². The van der Waals surface area contributed by atoms with Gasteiger partial charge in [0.15, 0.2) is 5.75 Å². The van der Waals surface area contributed by atoms with Crippen molar-refractivity contribution < 1.29 is 14.4 Å². The number of thiazole rings is 1. The number of nitrogens with one attached hydrogen (secondary N) is 1. The van der Waals surface area contributed by atoms with Crippen LogP contribution in [0.3, 0.4) is 0 Å². The molecule has 0 unspecified atom stereocenters. The highest BCUT2D eigenvalue weighted by atomic mass is 32.1. The van der Waals surface area contributed by atoms with Crippen molar-refractivity contribution in [3.8, 4) is 11.5 Å². The van der Waals surface area contributed by atoms with Crippen LogP contribution in [0.5, 0.6) is 11.5 Å². The highest BCUT2D eigenvalue weighted by Crippen LogP contribution is 2.38. The fraction of sp³-hybridized carbons (Fsp3) is 0.286. The Morgan fingerprint density at radius 2 is 2.35 bits per heavy atom. The van der Waals surface area contributed by atoms with Gasteiger partial charge in [0.2, 0.25) is 10.9 Å². The second kappa shape index (κ2) is 8.08. The van der Waals surface area contributed by atoms with Gasteiger partial charge in [-0.2, -0.15) is 5.10 Å². The summed E-state index contributed by atoms with van der Waals surface area (Å²) in [6, 6.07) is 3.02. The van der Waals surface area contributed by atoms with Crippen LogP contribution in [-0.2, 0) is 0 Å². The first-order valence-electron chi connectivity index (χ1n) is 6.83. The van der Waals surface area contributed by atoms with Crippen molar-refractivity contribution in [2.45, 2.75) is 13.3 Å². The SMILES string of the molecule is CCCOc1c(OC)cc(/C=N\Nc2nccs2)cc1[N+](=O)[O-]. The normalized spacial score (nSPS) is 10.7. The van der Waals surface area contributed by atoms with E-state index >= 15 is 0 Å². The van der Waals surface area contributed by atoms with E-state index < -0.39 is 4.92 Å². The van der Waals surface area contributed by atoms with E-state index in [4.69, 9.17) is 9.47 Å². The zero-order valence-corrected chi connectivity index (χ0v) is 13.5. The van der Waals surface area contributed by atoms with Crippen molar-refractivity contribution in [3.05, 3.63) is 39.4 Å². The van der Waals surface area contributed by atoms with Crippen LogP contribution in [0, 0.1) is 10.1 Å². The lowest BCUT2D eigenvalue weighted by molar-refractivity contribution is -0.386. The number of nitro groups is 1. The largest absolute Gasteiger partial charge is 0.493 e. The summed E-state index contributed by atoms with van der Waals surface area (Å²) in [6.45, 7) is 2.29. The summed E-state index contributed by atoms with van der Waals surface area (Å²) in [4.78, 5) is 14.8. The zero-order chi connectivity index (χ0) is 16.7. The van der Waals surface area contributed by atoms with E-state index in [-0.39, 0.29) is 11.4 Å². The average Bonchev–Trinajstić information content (AvgIpc) is 3.06. The van der Waals surface area contributed by atoms with Crippen LogP contribution < -0.4 is 14.9 Å². The quantitative estimate of drug-likeness (QED) is 0.451. The number of ether oxygens (including phenoxy) is 2. The molecule has 0 atom stereocenters. The maximum atomic E-state index is 11.3. The first-order chi connectivity index (χ1) is 11.2.